The molecule has 0 aromatic heterocycles. The molecule has 0 bridgehead atoms. The molecular weight excluding hydrogens is 194 g/mol. The Morgan fingerprint density at radius 3 is 2.60 bits per heavy atom. The lowest BCUT2D eigenvalue weighted by Gasteiger charge is -2.15. The second kappa shape index (κ2) is 5.58. The molecule has 0 saturated heterocycles. The Hall–Kier alpha value is -1.26. The van der Waals surface area contributed by atoms with Gasteiger partial charge in [0.05, 0.1) is 14.2 Å². The largest absolute Gasteiger partial charge is 0.497 e. The number of benzene rings is 1. The fourth-order valence-electron chi connectivity index (χ4n) is 1.42. The van der Waals surface area contributed by atoms with E-state index >= 15 is 0 Å². The van der Waals surface area contributed by atoms with Gasteiger partial charge in [0.1, 0.15) is 11.5 Å². The van der Waals surface area contributed by atoms with Gasteiger partial charge in [-0.25, -0.2) is 0 Å². The lowest BCUT2D eigenvalue weighted by atomic mass is 10.0. The average Bonchev–Trinajstić information content (AvgIpc) is 2.28. The molecule has 0 aliphatic rings. The molecule has 15 heavy (non-hydrogen) atoms. The summed E-state index contributed by atoms with van der Waals surface area (Å²) in [4.78, 5) is 0. The molecule has 0 saturated carbocycles. The summed E-state index contributed by atoms with van der Waals surface area (Å²) in [6, 6.07) is 5.22. The maximum atomic E-state index is 8.84. The molecule has 0 aliphatic carbocycles. The zero-order chi connectivity index (χ0) is 11.3. The number of aliphatic hydroxyl groups is 1. The quantitative estimate of drug-likeness (QED) is 0.765. The summed E-state index contributed by atoms with van der Waals surface area (Å²) >= 11 is 0. The van der Waals surface area contributed by atoms with Crippen molar-refractivity contribution in [3.8, 4) is 11.5 Å². The van der Waals surface area contributed by atoms with Gasteiger partial charge in [0.15, 0.2) is 0 Å². The molecular formula is C11H17NO3. The summed E-state index contributed by atoms with van der Waals surface area (Å²) in [5.41, 5.74) is 6.76. The molecule has 1 rings (SSSR count). The first-order valence-electron chi connectivity index (χ1n) is 4.81. The number of hydrogen-bond acceptors (Lipinski definition) is 4. The van der Waals surface area contributed by atoms with Crippen molar-refractivity contribution in [3.63, 3.8) is 0 Å². The molecule has 1 aromatic carbocycles. The lowest BCUT2D eigenvalue weighted by molar-refractivity contribution is 0.275. The second-order valence-corrected chi connectivity index (χ2v) is 3.23. The zero-order valence-corrected chi connectivity index (χ0v) is 9.06. The summed E-state index contributed by atoms with van der Waals surface area (Å²) in [5.74, 6) is 1.45. The van der Waals surface area contributed by atoms with E-state index in [0.29, 0.717) is 6.42 Å². The molecule has 0 fully saturated rings. The van der Waals surface area contributed by atoms with Crippen LogP contribution in [0.1, 0.15) is 18.0 Å². The number of methoxy groups -OCH3 is 2. The standard InChI is InChI=1S/C11H17NO3/c1-14-8-3-4-11(15-2)9(7-8)10(12)5-6-13/h3-4,7,10,13H,5-6,12H2,1-2H3/t10-/m0/s1. The number of hydrogen-bond donors (Lipinski definition) is 2. The van der Waals surface area contributed by atoms with E-state index in [1.54, 1.807) is 14.2 Å². The van der Waals surface area contributed by atoms with Crippen molar-refractivity contribution in [3.05, 3.63) is 23.8 Å². The minimum absolute atomic E-state index is 0.0571. The van der Waals surface area contributed by atoms with E-state index in [2.05, 4.69) is 0 Å². The van der Waals surface area contributed by atoms with E-state index in [9.17, 15) is 0 Å². The third-order valence-corrected chi connectivity index (χ3v) is 2.28. The first-order chi connectivity index (χ1) is 7.22. The van der Waals surface area contributed by atoms with Crippen LogP contribution < -0.4 is 15.2 Å². The molecule has 1 atom stereocenters. The fraction of sp³-hybridized carbons (Fsp3) is 0.455. The predicted octanol–water partition coefficient (Wildman–Crippen LogP) is 1.09. The highest BCUT2D eigenvalue weighted by atomic mass is 16.5. The number of ether oxygens (including phenoxy) is 2. The molecule has 0 radical (unpaired) electrons. The predicted molar refractivity (Wildman–Crippen MR) is 58.2 cm³/mol. The smallest absolute Gasteiger partial charge is 0.123 e. The minimum Gasteiger partial charge on any atom is -0.497 e. The van der Waals surface area contributed by atoms with E-state index in [-0.39, 0.29) is 12.6 Å². The first-order valence-corrected chi connectivity index (χ1v) is 4.81. The van der Waals surface area contributed by atoms with Crippen LogP contribution in [0, 0.1) is 0 Å². The van der Waals surface area contributed by atoms with Crippen LogP contribution in [-0.2, 0) is 0 Å². The summed E-state index contributed by atoms with van der Waals surface area (Å²) in [6.07, 6.45) is 0.503. The topological polar surface area (TPSA) is 64.7 Å². The molecule has 3 N–H and O–H groups in total. The van der Waals surface area contributed by atoms with Crippen molar-refractivity contribution in [1.29, 1.82) is 0 Å². The Labute approximate surface area is 89.6 Å². The van der Waals surface area contributed by atoms with Crippen molar-refractivity contribution in [2.24, 2.45) is 5.73 Å². The van der Waals surface area contributed by atoms with E-state index in [0.717, 1.165) is 17.1 Å². The summed E-state index contributed by atoms with van der Waals surface area (Å²) < 4.78 is 10.3. The van der Waals surface area contributed by atoms with E-state index < -0.39 is 0 Å². The van der Waals surface area contributed by atoms with Gasteiger partial charge in [-0.2, -0.15) is 0 Å². The lowest BCUT2D eigenvalue weighted by Crippen LogP contribution is -2.13. The first kappa shape index (κ1) is 11.8. The molecule has 0 spiro atoms. The highest BCUT2D eigenvalue weighted by Gasteiger charge is 2.12. The van der Waals surface area contributed by atoms with Gasteiger partial charge in [0.25, 0.3) is 0 Å². The van der Waals surface area contributed by atoms with Crippen molar-refractivity contribution >= 4 is 0 Å². The van der Waals surface area contributed by atoms with E-state index in [1.807, 2.05) is 18.2 Å². The molecule has 0 amide bonds. The summed E-state index contributed by atoms with van der Waals surface area (Å²) in [5, 5.41) is 8.84. The van der Waals surface area contributed by atoms with Crippen molar-refractivity contribution in [2.45, 2.75) is 12.5 Å². The Balaban J connectivity index is 3.00. The van der Waals surface area contributed by atoms with Gasteiger partial charge in [0, 0.05) is 18.2 Å². The van der Waals surface area contributed by atoms with E-state index in [4.69, 9.17) is 20.3 Å². The highest BCUT2D eigenvalue weighted by molar-refractivity contribution is 5.42. The van der Waals surface area contributed by atoms with Gasteiger partial charge in [-0.15, -0.1) is 0 Å². The maximum Gasteiger partial charge on any atom is 0.123 e. The van der Waals surface area contributed by atoms with Gasteiger partial charge in [-0.1, -0.05) is 0 Å². The maximum absolute atomic E-state index is 8.84. The molecule has 4 nitrogen and oxygen atoms in total. The van der Waals surface area contributed by atoms with Gasteiger partial charge < -0.3 is 20.3 Å². The van der Waals surface area contributed by atoms with Gasteiger partial charge in [0.2, 0.25) is 0 Å². The Morgan fingerprint density at radius 2 is 2.07 bits per heavy atom. The fourth-order valence-corrected chi connectivity index (χ4v) is 1.42. The van der Waals surface area contributed by atoms with Crippen molar-refractivity contribution in [1.82, 2.24) is 0 Å². The number of nitrogens with two attached hydrogens (primary N) is 1. The van der Waals surface area contributed by atoms with Crippen molar-refractivity contribution in [2.75, 3.05) is 20.8 Å². The zero-order valence-electron chi connectivity index (χ0n) is 9.06. The molecule has 0 aliphatic heterocycles. The van der Waals surface area contributed by atoms with Gasteiger partial charge in [-0.3, -0.25) is 0 Å². The Morgan fingerprint density at radius 1 is 1.33 bits per heavy atom. The van der Waals surface area contributed by atoms with E-state index in [1.165, 1.54) is 0 Å². The summed E-state index contributed by atoms with van der Waals surface area (Å²) in [6.45, 7) is 0.0571. The molecule has 0 unspecified atom stereocenters. The third kappa shape index (κ3) is 2.84. The minimum atomic E-state index is -0.236. The SMILES string of the molecule is COc1ccc(OC)c([C@@H](N)CCO)c1. The normalized spacial score (nSPS) is 12.3. The van der Waals surface area contributed by atoms with Crippen molar-refractivity contribution < 1.29 is 14.6 Å². The Kier molecular flexibility index (Phi) is 4.39. The molecule has 4 heteroatoms. The highest BCUT2D eigenvalue weighted by Crippen LogP contribution is 2.29. The number of rotatable bonds is 5. The molecule has 1 aromatic rings. The van der Waals surface area contributed by atoms with Crippen LogP contribution in [0.25, 0.3) is 0 Å². The van der Waals surface area contributed by atoms with Crippen LogP contribution in [0.4, 0.5) is 0 Å². The van der Waals surface area contributed by atoms with Crippen LogP contribution in [-0.4, -0.2) is 25.9 Å². The average molecular weight is 211 g/mol. The Bertz CT molecular complexity index is 315. The monoisotopic (exact) mass is 211 g/mol. The summed E-state index contributed by atoms with van der Waals surface area (Å²) in [7, 11) is 3.19. The van der Waals surface area contributed by atoms with Crippen LogP contribution >= 0.6 is 0 Å². The van der Waals surface area contributed by atoms with Crippen LogP contribution in [0.3, 0.4) is 0 Å². The molecule has 0 heterocycles. The van der Waals surface area contributed by atoms with Gasteiger partial charge >= 0.3 is 0 Å². The third-order valence-electron chi connectivity index (χ3n) is 2.28. The molecule has 84 valence electrons. The second-order valence-electron chi connectivity index (χ2n) is 3.23. The van der Waals surface area contributed by atoms with Gasteiger partial charge in [-0.05, 0) is 24.6 Å². The van der Waals surface area contributed by atoms with Crippen LogP contribution in [0.2, 0.25) is 0 Å². The van der Waals surface area contributed by atoms with Crippen LogP contribution in [0.5, 0.6) is 11.5 Å². The van der Waals surface area contributed by atoms with Crippen LogP contribution in [0.15, 0.2) is 18.2 Å². The number of aliphatic hydroxyl groups excluding tert-OH is 1.